The summed E-state index contributed by atoms with van der Waals surface area (Å²) in [5.74, 6) is -0.0926. The summed E-state index contributed by atoms with van der Waals surface area (Å²) < 4.78 is 32.8. The first-order valence-corrected chi connectivity index (χ1v) is 13.4. The number of hydrogen-bond acceptors (Lipinski definition) is 5. The van der Waals surface area contributed by atoms with Crippen LogP contribution in [0.5, 0.6) is 0 Å². The number of nitrogens with one attached hydrogen (secondary N) is 1. The third-order valence-electron chi connectivity index (χ3n) is 6.25. The zero-order valence-corrected chi connectivity index (χ0v) is 19.8. The Morgan fingerprint density at radius 3 is 2.55 bits per heavy atom. The molecule has 2 aliphatic rings. The van der Waals surface area contributed by atoms with Crippen molar-refractivity contribution in [2.45, 2.75) is 29.5 Å². The molecule has 1 fully saturated rings. The summed E-state index contributed by atoms with van der Waals surface area (Å²) in [6, 6.07) is 19.2. The SMILES string of the molecule is O=C(N[C@@H]1CCCc2ccccc21)c1ccc(-c2ccc(S(=O)(=O)N3CCOCC3)s2)cc1. The number of fused-ring (bicyclic) bond motifs is 1. The summed E-state index contributed by atoms with van der Waals surface area (Å²) in [6.07, 6.45) is 3.06. The van der Waals surface area contributed by atoms with Crippen molar-refractivity contribution in [1.29, 1.82) is 0 Å². The van der Waals surface area contributed by atoms with Crippen molar-refractivity contribution >= 4 is 27.3 Å². The Balaban J connectivity index is 1.29. The summed E-state index contributed by atoms with van der Waals surface area (Å²) in [5, 5.41) is 3.18. The van der Waals surface area contributed by atoms with E-state index in [1.54, 1.807) is 18.2 Å². The van der Waals surface area contributed by atoms with Gasteiger partial charge in [0, 0.05) is 23.5 Å². The molecule has 0 bridgehead atoms. The molecule has 1 N–H and O–H groups in total. The van der Waals surface area contributed by atoms with Gasteiger partial charge in [-0.2, -0.15) is 4.31 Å². The van der Waals surface area contributed by atoms with Gasteiger partial charge in [-0.25, -0.2) is 8.42 Å². The van der Waals surface area contributed by atoms with Crippen LogP contribution in [-0.4, -0.2) is 44.9 Å². The van der Waals surface area contributed by atoms with Gasteiger partial charge in [0.2, 0.25) is 0 Å². The number of ether oxygens (including phenoxy) is 1. The lowest BCUT2D eigenvalue weighted by Gasteiger charge is -2.26. The smallest absolute Gasteiger partial charge is 0.252 e. The Kier molecular flexibility index (Phi) is 6.34. The number of aryl methyl sites for hydroxylation is 1. The number of benzene rings is 2. The maximum atomic E-state index is 12.9. The fraction of sp³-hybridized carbons (Fsp3) is 0.320. The normalized spacial score (nSPS) is 19.1. The molecule has 172 valence electrons. The van der Waals surface area contributed by atoms with E-state index in [0.717, 1.165) is 29.7 Å². The number of hydrogen-bond donors (Lipinski definition) is 1. The second-order valence-electron chi connectivity index (χ2n) is 8.33. The monoisotopic (exact) mass is 482 g/mol. The second-order valence-corrected chi connectivity index (χ2v) is 11.6. The second kappa shape index (κ2) is 9.38. The molecule has 1 atom stereocenters. The van der Waals surface area contributed by atoms with Crippen LogP contribution >= 0.6 is 11.3 Å². The summed E-state index contributed by atoms with van der Waals surface area (Å²) in [6.45, 7) is 1.61. The minimum absolute atomic E-state index is 0.0346. The first-order valence-electron chi connectivity index (χ1n) is 11.2. The van der Waals surface area contributed by atoms with Crippen LogP contribution < -0.4 is 5.32 Å². The predicted octanol–water partition coefficient (Wildman–Crippen LogP) is 4.24. The van der Waals surface area contributed by atoms with Crippen LogP contribution in [0.1, 0.15) is 40.4 Å². The van der Waals surface area contributed by atoms with Crippen molar-refractivity contribution in [2.75, 3.05) is 26.3 Å². The number of amides is 1. The largest absolute Gasteiger partial charge is 0.379 e. The molecule has 0 radical (unpaired) electrons. The van der Waals surface area contributed by atoms with Crippen LogP contribution in [0, 0.1) is 0 Å². The summed E-state index contributed by atoms with van der Waals surface area (Å²) in [5.41, 5.74) is 4.01. The summed E-state index contributed by atoms with van der Waals surface area (Å²) >= 11 is 1.25. The number of rotatable bonds is 5. The van der Waals surface area contributed by atoms with Crippen molar-refractivity contribution in [3.63, 3.8) is 0 Å². The zero-order chi connectivity index (χ0) is 22.8. The van der Waals surface area contributed by atoms with Crippen LogP contribution in [0.15, 0.2) is 64.9 Å². The lowest BCUT2D eigenvalue weighted by Crippen LogP contribution is -2.40. The number of morpholine rings is 1. The van der Waals surface area contributed by atoms with Gasteiger partial charge in [-0.1, -0.05) is 36.4 Å². The number of nitrogens with zero attached hydrogens (tertiary/aromatic N) is 1. The lowest BCUT2D eigenvalue weighted by molar-refractivity contribution is 0.0731. The molecule has 0 spiro atoms. The standard InChI is InChI=1S/C25H26N2O4S2/c28-25(26-22-7-3-5-18-4-1-2-6-21(18)22)20-10-8-19(9-11-20)23-12-13-24(32-23)33(29,30)27-14-16-31-17-15-27/h1-2,4,6,8-13,22H,3,5,7,14-17H2,(H,26,28)/t22-/m1/s1. The Labute approximate surface area is 198 Å². The quantitative estimate of drug-likeness (QED) is 0.590. The van der Waals surface area contributed by atoms with Crippen LogP contribution in [0.2, 0.25) is 0 Å². The van der Waals surface area contributed by atoms with Gasteiger partial charge in [-0.05, 0) is 60.2 Å². The van der Waals surface area contributed by atoms with Crippen molar-refractivity contribution < 1.29 is 17.9 Å². The van der Waals surface area contributed by atoms with Crippen molar-refractivity contribution in [2.24, 2.45) is 0 Å². The van der Waals surface area contributed by atoms with E-state index < -0.39 is 10.0 Å². The molecular weight excluding hydrogens is 456 g/mol. The van der Waals surface area contributed by atoms with Crippen molar-refractivity contribution in [3.05, 3.63) is 77.4 Å². The van der Waals surface area contributed by atoms with E-state index in [1.807, 2.05) is 30.3 Å². The molecule has 1 aliphatic heterocycles. The van der Waals surface area contributed by atoms with E-state index in [2.05, 4.69) is 17.4 Å². The van der Waals surface area contributed by atoms with Crippen LogP contribution in [0.4, 0.5) is 0 Å². The fourth-order valence-corrected chi connectivity index (χ4v) is 7.33. The molecule has 1 amide bonds. The topological polar surface area (TPSA) is 75.7 Å². The van der Waals surface area contributed by atoms with Gasteiger partial charge in [0.15, 0.2) is 0 Å². The molecule has 1 saturated heterocycles. The lowest BCUT2D eigenvalue weighted by atomic mass is 9.87. The molecule has 0 unspecified atom stereocenters. The van der Waals surface area contributed by atoms with Crippen LogP contribution in [0.3, 0.4) is 0 Å². The molecule has 1 aromatic heterocycles. The van der Waals surface area contributed by atoms with Gasteiger partial charge in [0.05, 0.1) is 19.3 Å². The van der Waals surface area contributed by atoms with Gasteiger partial charge >= 0.3 is 0 Å². The molecule has 1 aliphatic carbocycles. The molecule has 2 heterocycles. The average Bonchev–Trinajstić information content (AvgIpc) is 3.36. The first-order chi connectivity index (χ1) is 16.0. The van der Waals surface area contributed by atoms with Gasteiger partial charge in [-0.3, -0.25) is 4.79 Å². The molecule has 5 rings (SSSR count). The maximum absolute atomic E-state index is 12.9. The van der Waals surface area contributed by atoms with E-state index >= 15 is 0 Å². The van der Waals surface area contributed by atoms with Crippen LogP contribution in [0.25, 0.3) is 10.4 Å². The van der Waals surface area contributed by atoms with Gasteiger partial charge in [0.1, 0.15) is 4.21 Å². The van der Waals surface area contributed by atoms with E-state index in [9.17, 15) is 13.2 Å². The highest BCUT2D eigenvalue weighted by molar-refractivity contribution is 7.91. The van der Waals surface area contributed by atoms with Gasteiger partial charge in [0.25, 0.3) is 15.9 Å². The van der Waals surface area contributed by atoms with Crippen molar-refractivity contribution in [1.82, 2.24) is 9.62 Å². The average molecular weight is 483 g/mol. The third kappa shape index (κ3) is 4.61. The van der Waals surface area contributed by atoms with Gasteiger partial charge in [-0.15, -0.1) is 11.3 Å². The molecular formula is C25H26N2O4S2. The molecule has 6 nitrogen and oxygen atoms in total. The van der Waals surface area contributed by atoms with E-state index in [1.165, 1.54) is 26.8 Å². The molecule has 2 aromatic carbocycles. The highest BCUT2D eigenvalue weighted by atomic mass is 32.2. The maximum Gasteiger partial charge on any atom is 0.252 e. The predicted molar refractivity (Wildman–Crippen MR) is 129 cm³/mol. The Bertz CT molecular complexity index is 1250. The number of sulfonamides is 1. The first kappa shape index (κ1) is 22.3. The summed E-state index contributed by atoms with van der Waals surface area (Å²) in [7, 11) is -3.50. The number of carbonyl (C=O) groups is 1. The number of thiophene rings is 1. The fourth-order valence-electron chi connectivity index (χ4n) is 4.46. The Morgan fingerprint density at radius 2 is 1.76 bits per heavy atom. The third-order valence-corrected chi connectivity index (χ3v) is 9.75. The minimum Gasteiger partial charge on any atom is -0.379 e. The Hall–Kier alpha value is -2.52. The summed E-state index contributed by atoms with van der Waals surface area (Å²) in [4.78, 5) is 13.7. The highest BCUT2D eigenvalue weighted by Gasteiger charge is 2.28. The van der Waals surface area contributed by atoms with Gasteiger partial charge < -0.3 is 10.1 Å². The minimum atomic E-state index is -3.50. The molecule has 33 heavy (non-hydrogen) atoms. The van der Waals surface area contributed by atoms with E-state index in [-0.39, 0.29) is 11.9 Å². The molecule has 8 heteroatoms. The Morgan fingerprint density at radius 1 is 1.00 bits per heavy atom. The van der Waals surface area contributed by atoms with E-state index in [4.69, 9.17) is 4.74 Å². The number of carbonyl (C=O) groups excluding carboxylic acids is 1. The van der Waals surface area contributed by atoms with Crippen LogP contribution in [-0.2, 0) is 21.2 Å². The highest BCUT2D eigenvalue weighted by Crippen LogP contribution is 2.33. The molecule has 3 aromatic rings. The van der Waals surface area contributed by atoms with E-state index in [0.29, 0.717) is 36.1 Å². The molecule has 0 saturated carbocycles. The zero-order valence-electron chi connectivity index (χ0n) is 18.2. The van der Waals surface area contributed by atoms with Crippen molar-refractivity contribution in [3.8, 4) is 10.4 Å².